The summed E-state index contributed by atoms with van der Waals surface area (Å²) in [5, 5.41) is 7.55. The fraction of sp³-hybridized carbons (Fsp3) is 0.278. The van der Waals surface area contributed by atoms with Crippen molar-refractivity contribution in [3.63, 3.8) is 0 Å². The molecule has 1 N–H and O–H groups in total. The minimum atomic E-state index is -3.10. The van der Waals surface area contributed by atoms with Gasteiger partial charge >= 0.3 is 6.61 Å². The molecule has 0 saturated heterocycles. The molecule has 0 saturated carbocycles. The first-order valence-electron chi connectivity index (χ1n) is 8.63. The topological polar surface area (TPSA) is 69.0 Å². The number of rotatable bonds is 8. The van der Waals surface area contributed by atoms with Crippen LogP contribution in [0.3, 0.4) is 0 Å². The molecule has 0 fully saturated rings. The van der Waals surface area contributed by atoms with E-state index in [0.717, 1.165) is 11.3 Å². The van der Waals surface area contributed by atoms with E-state index < -0.39 is 42.8 Å². The molecule has 6 nitrogen and oxygen atoms in total. The molecule has 0 aliphatic rings. The number of carbonyl (C=O) groups is 1. The number of thiazole rings is 1. The van der Waals surface area contributed by atoms with Crippen LogP contribution in [0.5, 0.6) is 5.75 Å². The Labute approximate surface area is 175 Å². The third-order valence-corrected chi connectivity index (χ3v) is 4.84. The molecule has 0 spiro atoms. The van der Waals surface area contributed by atoms with E-state index in [4.69, 9.17) is 0 Å². The number of nitrogens with zero attached hydrogens (tertiary/aromatic N) is 3. The molecule has 2 aromatic heterocycles. The summed E-state index contributed by atoms with van der Waals surface area (Å²) in [6.45, 7) is -1.72. The van der Waals surface area contributed by atoms with E-state index in [0.29, 0.717) is 22.0 Å². The minimum absolute atomic E-state index is 0.0337. The summed E-state index contributed by atoms with van der Waals surface area (Å²) in [7, 11) is 0. The van der Waals surface area contributed by atoms with Gasteiger partial charge in [-0.05, 0) is 37.3 Å². The van der Waals surface area contributed by atoms with Crippen molar-refractivity contribution in [1.82, 2.24) is 14.8 Å². The van der Waals surface area contributed by atoms with Crippen LogP contribution in [-0.4, -0.2) is 27.3 Å². The lowest BCUT2D eigenvalue weighted by molar-refractivity contribution is -0.119. The molecule has 1 atom stereocenters. The van der Waals surface area contributed by atoms with Crippen LogP contribution < -0.4 is 10.1 Å². The number of nitrogens with one attached hydrogen (secondary N) is 1. The van der Waals surface area contributed by atoms with Crippen LogP contribution >= 0.6 is 11.3 Å². The van der Waals surface area contributed by atoms with Gasteiger partial charge in [0, 0.05) is 10.9 Å². The standard InChI is InChI=1S/C18H14F6N4O2S/c1-8(28-13(15(21)22)6-11(27-28)14(19)20)16(29)26-18-25-12(7-31-18)9-2-4-10(5-3-9)30-17(23)24/h2-8,14-15,17H,1H3,(H,25,26,29). The molecule has 0 bridgehead atoms. The number of hydrogen-bond donors (Lipinski definition) is 1. The van der Waals surface area contributed by atoms with Crippen LogP contribution in [0.15, 0.2) is 35.7 Å². The van der Waals surface area contributed by atoms with E-state index in [1.807, 2.05) is 0 Å². The molecular formula is C18H14F6N4O2S. The van der Waals surface area contributed by atoms with E-state index in [1.165, 1.54) is 31.2 Å². The van der Waals surface area contributed by atoms with Crippen molar-refractivity contribution in [2.45, 2.75) is 32.4 Å². The molecule has 1 unspecified atom stereocenters. The van der Waals surface area contributed by atoms with Crippen LogP contribution in [0.4, 0.5) is 31.5 Å². The molecule has 31 heavy (non-hydrogen) atoms. The van der Waals surface area contributed by atoms with Gasteiger partial charge in [0.2, 0.25) is 0 Å². The van der Waals surface area contributed by atoms with Gasteiger partial charge in [0.15, 0.2) is 5.13 Å². The number of hydrogen-bond acceptors (Lipinski definition) is 5. The average Bonchev–Trinajstić information content (AvgIpc) is 3.35. The quantitative estimate of drug-likeness (QED) is 0.436. The molecule has 1 amide bonds. The van der Waals surface area contributed by atoms with Gasteiger partial charge < -0.3 is 10.1 Å². The maximum atomic E-state index is 13.1. The fourth-order valence-corrected chi connectivity index (χ4v) is 3.32. The smallest absolute Gasteiger partial charge is 0.387 e. The minimum Gasteiger partial charge on any atom is -0.435 e. The molecule has 13 heteroatoms. The first kappa shape index (κ1) is 22.6. The van der Waals surface area contributed by atoms with Gasteiger partial charge in [-0.3, -0.25) is 9.48 Å². The summed E-state index contributed by atoms with van der Waals surface area (Å²) in [5.74, 6) is -0.819. The SMILES string of the molecule is CC(C(=O)Nc1nc(-c2ccc(OC(F)F)cc2)cs1)n1nc(C(F)F)cc1C(F)F. The molecule has 0 aliphatic carbocycles. The third kappa shape index (κ3) is 5.34. The summed E-state index contributed by atoms with van der Waals surface area (Å²) in [5.41, 5.74) is -0.682. The predicted octanol–water partition coefficient (Wildman–Crippen LogP) is 5.68. The number of carbonyl (C=O) groups excluding carboxylic acids is 1. The molecule has 0 aliphatic heterocycles. The van der Waals surface area contributed by atoms with Crippen LogP contribution in [-0.2, 0) is 4.79 Å². The van der Waals surface area contributed by atoms with Crippen molar-refractivity contribution >= 4 is 22.4 Å². The monoisotopic (exact) mass is 464 g/mol. The summed E-state index contributed by atoms with van der Waals surface area (Å²) in [4.78, 5) is 16.6. The lowest BCUT2D eigenvalue weighted by atomic mass is 10.2. The Bertz CT molecular complexity index is 1040. The second-order valence-electron chi connectivity index (χ2n) is 6.15. The Hall–Kier alpha value is -3.09. The normalized spacial score (nSPS) is 12.6. The van der Waals surface area contributed by atoms with E-state index in [1.54, 1.807) is 5.38 Å². The summed E-state index contributed by atoms with van der Waals surface area (Å²) < 4.78 is 81.1. The maximum Gasteiger partial charge on any atom is 0.387 e. The van der Waals surface area contributed by atoms with Crippen molar-refractivity contribution in [3.05, 3.63) is 47.1 Å². The number of ether oxygens (including phenoxy) is 1. The van der Waals surface area contributed by atoms with Crippen LogP contribution in [0.2, 0.25) is 0 Å². The number of benzene rings is 1. The van der Waals surface area contributed by atoms with Gasteiger partial charge in [0.1, 0.15) is 23.2 Å². The van der Waals surface area contributed by atoms with Crippen molar-refractivity contribution in [3.8, 4) is 17.0 Å². The molecule has 3 aromatic rings. The summed E-state index contributed by atoms with van der Waals surface area (Å²) in [6, 6.07) is 4.88. The second kappa shape index (κ2) is 9.37. The summed E-state index contributed by atoms with van der Waals surface area (Å²) in [6.07, 6.45) is -6.16. The Balaban J connectivity index is 1.72. The van der Waals surface area contributed by atoms with Crippen molar-refractivity contribution in [2.75, 3.05) is 5.32 Å². The highest BCUT2D eigenvalue weighted by molar-refractivity contribution is 7.14. The summed E-state index contributed by atoms with van der Waals surface area (Å²) >= 11 is 1.03. The molecular weight excluding hydrogens is 450 g/mol. The lowest BCUT2D eigenvalue weighted by Gasteiger charge is -2.14. The molecule has 2 heterocycles. The zero-order valence-electron chi connectivity index (χ0n) is 15.6. The van der Waals surface area contributed by atoms with Crippen molar-refractivity contribution in [1.29, 1.82) is 0 Å². The Kier molecular flexibility index (Phi) is 6.83. The Morgan fingerprint density at radius 2 is 1.77 bits per heavy atom. The van der Waals surface area contributed by atoms with Gasteiger partial charge in [-0.25, -0.2) is 22.5 Å². The number of anilines is 1. The van der Waals surface area contributed by atoms with Gasteiger partial charge in [-0.2, -0.15) is 13.9 Å². The highest BCUT2D eigenvalue weighted by atomic mass is 32.1. The molecule has 1 aromatic carbocycles. The lowest BCUT2D eigenvalue weighted by Crippen LogP contribution is -2.26. The highest BCUT2D eigenvalue weighted by Crippen LogP contribution is 2.29. The highest BCUT2D eigenvalue weighted by Gasteiger charge is 2.27. The number of aromatic nitrogens is 3. The zero-order chi connectivity index (χ0) is 22.7. The van der Waals surface area contributed by atoms with Crippen LogP contribution in [0, 0.1) is 0 Å². The Morgan fingerprint density at radius 3 is 2.35 bits per heavy atom. The predicted molar refractivity (Wildman–Crippen MR) is 99.7 cm³/mol. The van der Waals surface area contributed by atoms with E-state index >= 15 is 0 Å². The maximum absolute atomic E-state index is 13.1. The van der Waals surface area contributed by atoms with Crippen LogP contribution in [0.25, 0.3) is 11.3 Å². The van der Waals surface area contributed by atoms with E-state index in [-0.39, 0.29) is 10.9 Å². The number of halogens is 6. The van der Waals surface area contributed by atoms with E-state index in [2.05, 4.69) is 20.1 Å². The van der Waals surface area contributed by atoms with Gasteiger partial charge in [-0.1, -0.05) is 0 Å². The fourth-order valence-electron chi connectivity index (χ4n) is 2.60. The van der Waals surface area contributed by atoms with Crippen LogP contribution in [0.1, 0.15) is 37.2 Å². The molecule has 0 radical (unpaired) electrons. The number of amides is 1. The zero-order valence-corrected chi connectivity index (χ0v) is 16.4. The Morgan fingerprint density at radius 1 is 1.10 bits per heavy atom. The largest absolute Gasteiger partial charge is 0.435 e. The average molecular weight is 464 g/mol. The first-order valence-corrected chi connectivity index (χ1v) is 9.51. The first-order chi connectivity index (χ1) is 14.7. The molecule has 166 valence electrons. The van der Waals surface area contributed by atoms with Gasteiger partial charge in [0.05, 0.1) is 5.69 Å². The van der Waals surface area contributed by atoms with Gasteiger partial charge in [0.25, 0.3) is 18.8 Å². The second-order valence-corrected chi connectivity index (χ2v) is 7.00. The van der Waals surface area contributed by atoms with Gasteiger partial charge in [-0.15, -0.1) is 11.3 Å². The molecule has 3 rings (SSSR count). The number of alkyl halides is 6. The van der Waals surface area contributed by atoms with Crippen molar-refractivity contribution < 1.29 is 35.9 Å². The van der Waals surface area contributed by atoms with Crippen molar-refractivity contribution in [2.24, 2.45) is 0 Å². The third-order valence-electron chi connectivity index (χ3n) is 4.09. The van der Waals surface area contributed by atoms with E-state index in [9.17, 15) is 31.1 Å².